The number of halogens is 1. The third-order valence-electron chi connectivity index (χ3n) is 2.68. The molecule has 1 atom stereocenters. The van der Waals surface area contributed by atoms with E-state index in [2.05, 4.69) is 6.92 Å². The lowest BCUT2D eigenvalue weighted by atomic mass is 9.98. The number of carboxylic acid groups (broad SMARTS) is 1. The van der Waals surface area contributed by atoms with Gasteiger partial charge in [0, 0.05) is 6.42 Å². The van der Waals surface area contributed by atoms with Crippen LogP contribution in [0.25, 0.3) is 0 Å². The first-order chi connectivity index (χ1) is 7.16. The first kappa shape index (κ1) is 14.4. The molecule has 0 rings (SSSR count). The minimum absolute atomic E-state index is 0.199. The predicted molar refractivity (Wildman–Crippen MR) is 59.7 cm³/mol. The molecule has 90 valence electrons. The Morgan fingerprint density at radius 3 is 2.33 bits per heavy atom. The third kappa shape index (κ3) is 11.3. The van der Waals surface area contributed by atoms with Gasteiger partial charge in [-0.3, -0.25) is 9.18 Å². The van der Waals surface area contributed by atoms with E-state index >= 15 is 0 Å². The van der Waals surface area contributed by atoms with Crippen LogP contribution in [0, 0.1) is 5.92 Å². The van der Waals surface area contributed by atoms with Crippen molar-refractivity contribution in [3.8, 4) is 0 Å². The summed E-state index contributed by atoms with van der Waals surface area (Å²) in [4.78, 5) is 10.3. The van der Waals surface area contributed by atoms with E-state index in [1.54, 1.807) is 0 Å². The van der Waals surface area contributed by atoms with E-state index in [-0.39, 0.29) is 13.1 Å². The summed E-state index contributed by atoms with van der Waals surface area (Å²) in [6.07, 6.45) is 7.24. The Morgan fingerprint density at radius 2 is 1.73 bits per heavy atom. The standard InChI is InChI=1S/C12H23FO2/c1-11(8-9-12(14)15)7-5-3-2-4-6-10-13/h11H,2-10H2,1H3,(H,14,15). The second-order valence-electron chi connectivity index (χ2n) is 4.28. The molecule has 0 amide bonds. The average molecular weight is 218 g/mol. The minimum Gasteiger partial charge on any atom is -0.481 e. The summed E-state index contributed by atoms with van der Waals surface area (Å²) >= 11 is 0. The van der Waals surface area contributed by atoms with Crippen molar-refractivity contribution in [2.24, 2.45) is 5.92 Å². The first-order valence-electron chi connectivity index (χ1n) is 5.94. The maximum Gasteiger partial charge on any atom is 0.303 e. The van der Waals surface area contributed by atoms with Crippen molar-refractivity contribution in [2.75, 3.05) is 6.67 Å². The second kappa shape index (κ2) is 9.94. The molecule has 0 bridgehead atoms. The molecule has 0 aliphatic carbocycles. The Morgan fingerprint density at radius 1 is 1.13 bits per heavy atom. The van der Waals surface area contributed by atoms with Crippen LogP contribution in [0.15, 0.2) is 0 Å². The summed E-state index contributed by atoms with van der Waals surface area (Å²) in [5.41, 5.74) is 0. The average Bonchev–Trinajstić information content (AvgIpc) is 2.20. The van der Waals surface area contributed by atoms with Crippen LogP contribution in [-0.4, -0.2) is 17.8 Å². The molecular weight excluding hydrogens is 195 g/mol. The van der Waals surface area contributed by atoms with Gasteiger partial charge in [-0.2, -0.15) is 0 Å². The van der Waals surface area contributed by atoms with Gasteiger partial charge < -0.3 is 5.11 Å². The normalized spacial score (nSPS) is 12.7. The molecule has 1 unspecified atom stereocenters. The van der Waals surface area contributed by atoms with Gasteiger partial charge in [0.25, 0.3) is 0 Å². The number of carboxylic acids is 1. The monoisotopic (exact) mass is 218 g/mol. The van der Waals surface area contributed by atoms with Crippen LogP contribution in [0.4, 0.5) is 4.39 Å². The highest BCUT2D eigenvalue weighted by Gasteiger charge is 2.04. The van der Waals surface area contributed by atoms with Gasteiger partial charge in [0.2, 0.25) is 0 Å². The molecule has 1 N–H and O–H groups in total. The van der Waals surface area contributed by atoms with Crippen molar-refractivity contribution < 1.29 is 14.3 Å². The van der Waals surface area contributed by atoms with Crippen LogP contribution in [0.3, 0.4) is 0 Å². The molecule has 0 aromatic heterocycles. The predicted octanol–water partition coefficient (Wildman–Crippen LogP) is 3.80. The van der Waals surface area contributed by atoms with Gasteiger partial charge in [-0.1, -0.05) is 39.0 Å². The summed E-state index contributed by atoms with van der Waals surface area (Å²) in [5, 5.41) is 8.50. The lowest BCUT2D eigenvalue weighted by Gasteiger charge is -2.09. The van der Waals surface area contributed by atoms with Crippen molar-refractivity contribution in [1.82, 2.24) is 0 Å². The maximum atomic E-state index is 11.8. The van der Waals surface area contributed by atoms with Crippen LogP contribution in [0.2, 0.25) is 0 Å². The molecule has 0 saturated heterocycles. The van der Waals surface area contributed by atoms with Crippen LogP contribution < -0.4 is 0 Å². The zero-order valence-corrected chi connectivity index (χ0v) is 9.67. The van der Waals surface area contributed by atoms with Crippen molar-refractivity contribution in [3.63, 3.8) is 0 Å². The Hall–Kier alpha value is -0.600. The fourth-order valence-electron chi connectivity index (χ4n) is 1.63. The van der Waals surface area contributed by atoms with Gasteiger partial charge in [0.15, 0.2) is 0 Å². The smallest absolute Gasteiger partial charge is 0.303 e. The topological polar surface area (TPSA) is 37.3 Å². The van der Waals surface area contributed by atoms with Gasteiger partial charge in [0.05, 0.1) is 6.67 Å². The summed E-state index contributed by atoms with van der Waals surface area (Å²) < 4.78 is 11.8. The zero-order valence-electron chi connectivity index (χ0n) is 9.67. The first-order valence-corrected chi connectivity index (χ1v) is 5.94. The summed E-state index contributed by atoms with van der Waals surface area (Å²) in [6, 6.07) is 0. The molecule has 0 saturated carbocycles. The Balaban J connectivity index is 3.16. The van der Waals surface area contributed by atoms with E-state index in [1.807, 2.05) is 0 Å². The number of rotatable bonds is 10. The van der Waals surface area contributed by atoms with E-state index in [0.717, 1.165) is 38.5 Å². The number of carbonyl (C=O) groups is 1. The SMILES string of the molecule is CC(CCCCCCCF)CCC(=O)O. The number of unbranched alkanes of at least 4 members (excludes halogenated alkanes) is 4. The Kier molecular flexibility index (Phi) is 9.54. The molecule has 0 radical (unpaired) electrons. The molecule has 3 heteroatoms. The van der Waals surface area contributed by atoms with Gasteiger partial charge in [-0.15, -0.1) is 0 Å². The molecule has 0 aromatic rings. The highest BCUT2D eigenvalue weighted by atomic mass is 19.1. The van der Waals surface area contributed by atoms with Gasteiger partial charge >= 0.3 is 5.97 Å². The number of hydrogen-bond acceptors (Lipinski definition) is 1. The number of aliphatic carboxylic acids is 1. The molecule has 15 heavy (non-hydrogen) atoms. The molecule has 0 aromatic carbocycles. The largest absolute Gasteiger partial charge is 0.481 e. The summed E-state index contributed by atoms with van der Waals surface area (Å²) in [7, 11) is 0. The number of alkyl halides is 1. The van der Waals surface area contributed by atoms with E-state index in [1.165, 1.54) is 0 Å². The van der Waals surface area contributed by atoms with E-state index in [9.17, 15) is 9.18 Å². The molecule has 0 aliphatic rings. The highest BCUT2D eigenvalue weighted by Crippen LogP contribution is 2.15. The van der Waals surface area contributed by atoms with Crippen LogP contribution >= 0.6 is 0 Å². The fraction of sp³-hybridized carbons (Fsp3) is 0.917. The third-order valence-corrected chi connectivity index (χ3v) is 2.68. The molecule has 0 aliphatic heterocycles. The van der Waals surface area contributed by atoms with Crippen LogP contribution in [0.1, 0.15) is 58.3 Å². The van der Waals surface area contributed by atoms with Crippen LogP contribution in [-0.2, 0) is 4.79 Å². The highest BCUT2D eigenvalue weighted by molar-refractivity contribution is 5.66. The summed E-state index contributed by atoms with van der Waals surface area (Å²) in [5.74, 6) is -0.202. The van der Waals surface area contributed by atoms with E-state index in [4.69, 9.17) is 5.11 Å². The van der Waals surface area contributed by atoms with E-state index in [0.29, 0.717) is 12.3 Å². The van der Waals surface area contributed by atoms with Gasteiger partial charge in [0.1, 0.15) is 0 Å². The Bertz CT molecular complexity index is 160. The molecule has 0 spiro atoms. The fourth-order valence-corrected chi connectivity index (χ4v) is 1.63. The lowest BCUT2D eigenvalue weighted by Crippen LogP contribution is -2.01. The lowest BCUT2D eigenvalue weighted by molar-refractivity contribution is -0.137. The Labute approximate surface area is 91.9 Å². The maximum absolute atomic E-state index is 11.8. The molecule has 0 heterocycles. The quantitative estimate of drug-likeness (QED) is 0.566. The second-order valence-corrected chi connectivity index (χ2v) is 4.28. The zero-order chi connectivity index (χ0) is 11.5. The van der Waals surface area contributed by atoms with Crippen molar-refractivity contribution in [1.29, 1.82) is 0 Å². The van der Waals surface area contributed by atoms with Crippen LogP contribution in [0.5, 0.6) is 0 Å². The van der Waals surface area contributed by atoms with Gasteiger partial charge in [-0.05, 0) is 18.8 Å². The summed E-state index contributed by atoms with van der Waals surface area (Å²) in [6.45, 7) is 1.90. The molecule has 0 fully saturated rings. The van der Waals surface area contributed by atoms with E-state index < -0.39 is 5.97 Å². The van der Waals surface area contributed by atoms with Gasteiger partial charge in [-0.25, -0.2) is 0 Å². The van der Waals surface area contributed by atoms with Crippen molar-refractivity contribution >= 4 is 5.97 Å². The van der Waals surface area contributed by atoms with Crippen molar-refractivity contribution in [3.05, 3.63) is 0 Å². The minimum atomic E-state index is -0.704. The molecule has 2 nitrogen and oxygen atoms in total. The molecular formula is C12H23FO2. The number of hydrogen-bond donors (Lipinski definition) is 1. The van der Waals surface area contributed by atoms with Crippen molar-refractivity contribution in [2.45, 2.75) is 58.3 Å².